The SMILES string of the molecule is Cc1[nH]nc2c1C(C)(C)CN(C(=O)c1ccc(F)cc1)C=C2C(=O)N(C)C. The van der Waals surface area contributed by atoms with E-state index in [4.69, 9.17) is 0 Å². The second-order valence-corrected chi connectivity index (χ2v) is 7.64. The van der Waals surface area contributed by atoms with Gasteiger partial charge in [0.15, 0.2) is 0 Å². The maximum absolute atomic E-state index is 13.2. The molecule has 0 saturated heterocycles. The number of aromatic nitrogens is 2. The van der Waals surface area contributed by atoms with Gasteiger partial charge in [-0.15, -0.1) is 0 Å². The lowest BCUT2D eigenvalue weighted by Gasteiger charge is -2.29. The van der Waals surface area contributed by atoms with E-state index in [1.54, 1.807) is 20.3 Å². The Hall–Kier alpha value is -2.96. The van der Waals surface area contributed by atoms with Gasteiger partial charge in [-0.2, -0.15) is 5.10 Å². The second kappa shape index (κ2) is 6.64. The lowest BCUT2D eigenvalue weighted by atomic mass is 9.82. The zero-order chi connectivity index (χ0) is 19.9. The number of amides is 2. The molecule has 2 heterocycles. The van der Waals surface area contributed by atoms with Gasteiger partial charge in [-0.3, -0.25) is 14.7 Å². The number of H-pyrrole nitrogens is 1. The van der Waals surface area contributed by atoms with Crippen LogP contribution in [0.2, 0.25) is 0 Å². The average Bonchev–Trinajstić information content (AvgIpc) is 2.94. The highest BCUT2D eigenvalue weighted by atomic mass is 19.1. The van der Waals surface area contributed by atoms with Gasteiger partial charge in [-0.05, 0) is 31.2 Å². The van der Waals surface area contributed by atoms with Crippen molar-refractivity contribution >= 4 is 17.4 Å². The van der Waals surface area contributed by atoms with E-state index in [2.05, 4.69) is 10.2 Å². The van der Waals surface area contributed by atoms with Gasteiger partial charge in [0.2, 0.25) is 0 Å². The molecule has 7 heteroatoms. The smallest absolute Gasteiger partial charge is 0.257 e. The molecule has 27 heavy (non-hydrogen) atoms. The first-order valence-corrected chi connectivity index (χ1v) is 8.67. The molecule has 3 rings (SSSR count). The molecule has 142 valence electrons. The molecule has 6 nitrogen and oxygen atoms in total. The van der Waals surface area contributed by atoms with Crippen molar-refractivity contribution in [2.45, 2.75) is 26.2 Å². The molecule has 1 aliphatic heterocycles. The molecule has 0 atom stereocenters. The summed E-state index contributed by atoms with van der Waals surface area (Å²) in [5.41, 5.74) is 2.61. The molecule has 1 aromatic carbocycles. The van der Waals surface area contributed by atoms with Gasteiger partial charge >= 0.3 is 0 Å². The van der Waals surface area contributed by atoms with Gasteiger partial charge in [0.1, 0.15) is 11.5 Å². The summed E-state index contributed by atoms with van der Waals surface area (Å²) in [5, 5.41) is 7.31. The van der Waals surface area contributed by atoms with E-state index >= 15 is 0 Å². The fourth-order valence-electron chi connectivity index (χ4n) is 3.51. The Balaban J connectivity index is 2.13. The molecule has 2 aromatic rings. The first kappa shape index (κ1) is 18.8. The Kier molecular flexibility index (Phi) is 4.63. The zero-order valence-electron chi connectivity index (χ0n) is 16.1. The summed E-state index contributed by atoms with van der Waals surface area (Å²) in [7, 11) is 3.31. The van der Waals surface area contributed by atoms with E-state index in [0.29, 0.717) is 23.4 Å². The fourth-order valence-corrected chi connectivity index (χ4v) is 3.51. The first-order chi connectivity index (χ1) is 12.6. The Morgan fingerprint density at radius 1 is 1.22 bits per heavy atom. The molecule has 0 fully saturated rings. The van der Waals surface area contributed by atoms with Crippen LogP contribution in [0.5, 0.6) is 0 Å². The van der Waals surface area contributed by atoms with Gasteiger partial charge < -0.3 is 9.80 Å². The predicted octanol–water partition coefficient (Wildman–Crippen LogP) is 2.72. The highest BCUT2D eigenvalue weighted by molar-refractivity contribution is 6.19. The zero-order valence-corrected chi connectivity index (χ0v) is 16.1. The Bertz CT molecular complexity index is 926. The van der Waals surface area contributed by atoms with Gasteiger partial charge in [0, 0.05) is 49.1 Å². The van der Waals surface area contributed by atoms with Crippen LogP contribution in [0.1, 0.15) is 41.2 Å². The number of aromatic amines is 1. The number of hydrogen-bond acceptors (Lipinski definition) is 3. The summed E-state index contributed by atoms with van der Waals surface area (Å²) >= 11 is 0. The number of halogens is 1. The normalized spacial score (nSPS) is 15.6. The van der Waals surface area contributed by atoms with E-state index in [0.717, 1.165) is 11.3 Å². The molecular formula is C20H23FN4O2. The summed E-state index contributed by atoms with van der Waals surface area (Å²) < 4.78 is 13.2. The van der Waals surface area contributed by atoms with E-state index in [9.17, 15) is 14.0 Å². The minimum atomic E-state index is -0.438. The van der Waals surface area contributed by atoms with Crippen LogP contribution >= 0.6 is 0 Å². The number of nitrogens with one attached hydrogen (secondary N) is 1. The summed E-state index contributed by atoms with van der Waals surface area (Å²) in [6.45, 7) is 6.29. The summed E-state index contributed by atoms with van der Waals surface area (Å²) in [6.07, 6.45) is 1.56. The lowest BCUT2D eigenvalue weighted by molar-refractivity contribution is -0.122. The van der Waals surface area contributed by atoms with Crippen LogP contribution in [-0.2, 0) is 10.2 Å². The van der Waals surface area contributed by atoms with E-state index < -0.39 is 11.2 Å². The maximum atomic E-state index is 13.2. The number of likely N-dealkylation sites (N-methyl/N-ethyl adjacent to an activating group) is 1. The van der Waals surface area contributed by atoms with Crippen LogP contribution in [0, 0.1) is 12.7 Å². The van der Waals surface area contributed by atoms with Crippen LogP contribution < -0.4 is 0 Å². The molecule has 0 spiro atoms. The molecule has 1 aromatic heterocycles. The van der Waals surface area contributed by atoms with E-state index in [1.165, 1.54) is 34.1 Å². The van der Waals surface area contributed by atoms with Crippen molar-refractivity contribution in [2.24, 2.45) is 0 Å². The van der Waals surface area contributed by atoms with Crippen molar-refractivity contribution < 1.29 is 14.0 Å². The Labute approximate surface area is 157 Å². The topological polar surface area (TPSA) is 69.3 Å². The van der Waals surface area contributed by atoms with Crippen molar-refractivity contribution in [1.29, 1.82) is 0 Å². The van der Waals surface area contributed by atoms with Crippen molar-refractivity contribution in [2.75, 3.05) is 20.6 Å². The molecule has 1 N–H and O–H groups in total. The van der Waals surface area contributed by atoms with Crippen LogP contribution in [0.3, 0.4) is 0 Å². The number of rotatable bonds is 2. The number of hydrogen-bond donors (Lipinski definition) is 1. The third-order valence-electron chi connectivity index (χ3n) is 4.72. The molecule has 2 amide bonds. The molecule has 0 saturated carbocycles. The van der Waals surface area contributed by atoms with Crippen LogP contribution in [0.25, 0.3) is 5.57 Å². The summed E-state index contributed by atoms with van der Waals surface area (Å²) in [4.78, 5) is 28.8. The second-order valence-electron chi connectivity index (χ2n) is 7.64. The Morgan fingerprint density at radius 2 is 1.85 bits per heavy atom. The molecule has 1 aliphatic rings. The molecule has 0 radical (unpaired) electrons. The Morgan fingerprint density at radius 3 is 2.44 bits per heavy atom. The van der Waals surface area contributed by atoms with Crippen molar-refractivity contribution in [3.63, 3.8) is 0 Å². The van der Waals surface area contributed by atoms with E-state index in [1.807, 2.05) is 20.8 Å². The largest absolute Gasteiger partial charge is 0.345 e. The summed E-state index contributed by atoms with van der Waals surface area (Å²) in [5.74, 6) is -0.936. The van der Waals surface area contributed by atoms with Crippen molar-refractivity contribution in [1.82, 2.24) is 20.0 Å². The van der Waals surface area contributed by atoms with Crippen molar-refractivity contribution in [3.05, 3.63) is 58.8 Å². The number of aryl methyl sites for hydroxylation is 1. The van der Waals surface area contributed by atoms with Gasteiger partial charge in [0.05, 0.1) is 5.57 Å². The van der Waals surface area contributed by atoms with Crippen LogP contribution in [0.15, 0.2) is 30.5 Å². The number of carbonyl (C=O) groups is 2. The highest BCUT2D eigenvalue weighted by Gasteiger charge is 2.37. The molecular weight excluding hydrogens is 347 g/mol. The third kappa shape index (κ3) is 3.37. The number of benzene rings is 1. The molecule has 0 bridgehead atoms. The lowest BCUT2D eigenvalue weighted by Crippen LogP contribution is -2.37. The third-order valence-corrected chi connectivity index (χ3v) is 4.72. The van der Waals surface area contributed by atoms with Crippen LogP contribution in [-0.4, -0.2) is 52.5 Å². The summed E-state index contributed by atoms with van der Waals surface area (Å²) in [6, 6.07) is 5.39. The standard InChI is InChI=1S/C20H23FN4O2/c1-12-16-17(23-22-12)15(19(27)24(4)5)10-25(11-20(16,2)3)18(26)13-6-8-14(21)9-7-13/h6-10H,11H2,1-5H3,(H,22,23). The first-order valence-electron chi connectivity index (χ1n) is 8.67. The maximum Gasteiger partial charge on any atom is 0.257 e. The van der Waals surface area contributed by atoms with Gasteiger partial charge in [-0.25, -0.2) is 4.39 Å². The number of nitrogens with zero attached hydrogens (tertiary/aromatic N) is 3. The quantitative estimate of drug-likeness (QED) is 0.884. The minimum Gasteiger partial charge on any atom is -0.345 e. The van der Waals surface area contributed by atoms with E-state index in [-0.39, 0.29) is 11.8 Å². The number of carbonyl (C=O) groups excluding carboxylic acids is 2. The fraction of sp³-hybridized carbons (Fsp3) is 0.350. The van der Waals surface area contributed by atoms with Gasteiger partial charge in [0.25, 0.3) is 11.8 Å². The minimum absolute atomic E-state index is 0.239. The average molecular weight is 370 g/mol. The monoisotopic (exact) mass is 370 g/mol. The highest BCUT2D eigenvalue weighted by Crippen LogP contribution is 2.36. The predicted molar refractivity (Wildman–Crippen MR) is 100 cm³/mol. The molecule has 0 unspecified atom stereocenters. The molecule has 0 aliphatic carbocycles. The number of fused-ring (bicyclic) bond motifs is 1. The van der Waals surface area contributed by atoms with Crippen molar-refractivity contribution in [3.8, 4) is 0 Å². The van der Waals surface area contributed by atoms with Gasteiger partial charge in [-0.1, -0.05) is 13.8 Å². The van der Waals surface area contributed by atoms with Crippen LogP contribution in [0.4, 0.5) is 4.39 Å².